The van der Waals surface area contributed by atoms with Gasteiger partial charge in [0.1, 0.15) is 5.66 Å². The molecule has 1 amide bonds. The van der Waals surface area contributed by atoms with Crippen LogP contribution in [0, 0.1) is 0 Å². The lowest BCUT2D eigenvalue weighted by Gasteiger charge is -2.40. The van der Waals surface area contributed by atoms with Gasteiger partial charge in [-0.1, -0.05) is 50.3 Å². The Bertz CT molecular complexity index is 1100. The molecule has 1 saturated heterocycles. The molecule has 3 aromatic rings. The predicted octanol–water partition coefficient (Wildman–Crippen LogP) is 3.87. The van der Waals surface area contributed by atoms with Gasteiger partial charge in [0.15, 0.2) is 0 Å². The Hall–Kier alpha value is -3.14. The van der Waals surface area contributed by atoms with Gasteiger partial charge < -0.3 is 10.2 Å². The molecule has 2 aromatic carbocycles. The van der Waals surface area contributed by atoms with Gasteiger partial charge in [-0.15, -0.1) is 0 Å². The monoisotopic (exact) mass is 355 g/mol. The number of nitrogens with one attached hydrogen (secondary N) is 1. The van der Waals surface area contributed by atoms with Crippen LogP contribution >= 0.6 is 0 Å². The average molecular weight is 355 g/mol. The van der Waals surface area contributed by atoms with Crippen LogP contribution in [0.3, 0.4) is 0 Å². The fourth-order valence-electron chi connectivity index (χ4n) is 4.55. The van der Waals surface area contributed by atoms with E-state index in [1.807, 2.05) is 18.2 Å². The van der Waals surface area contributed by atoms with E-state index in [1.54, 1.807) is 6.20 Å². The second kappa shape index (κ2) is 5.43. The van der Waals surface area contributed by atoms with Crippen molar-refractivity contribution in [3.05, 3.63) is 78.0 Å². The molecule has 0 bridgehead atoms. The number of benzene rings is 2. The van der Waals surface area contributed by atoms with Crippen molar-refractivity contribution in [1.29, 1.82) is 0 Å². The molecule has 1 aromatic heterocycles. The SMILES string of the molecule is CC1(C)c2ccccc2N2CC(=O)N[C@]21/C=C/c1ccc2ncccc2c1. The Morgan fingerprint density at radius 1 is 1.11 bits per heavy atom. The summed E-state index contributed by atoms with van der Waals surface area (Å²) in [4.78, 5) is 18.9. The number of nitrogens with zero attached hydrogens (tertiary/aromatic N) is 2. The highest BCUT2D eigenvalue weighted by Crippen LogP contribution is 2.52. The molecule has 1 N–H and O–H groups in total. The van der Waals surface area contributed by atoms with Gasteiger partial charge in [-0.05, 0) is 41.5 Å². The van der Waals surface area contributed by atoms with Crippen molar-refractivity contribution < 1.29 is 4.79 Å². The van der Waals surface area contributed by atoms with Crippen LogP contribution in [0.15, 0.2) is 66.9 Å². The van der Waals surface area contributed by atoms with Crippen LogP contribution < -0.4 is 10.2 Å². The number of hydrogen-bond acceptors (Lipinski definition) is 3. The topological polar surface area (TPSA) is 45.2 Å². The van der Waals surface area contributed by atoms with Crippen molar-refractivity contribution in [2.45, 2.75) is 24.9 Å². The van der Waals surface area contributed by atoms with Gasteiger partial charge in [-0.25, -0.2) is 0 Å². The zero-order valence-electron chi connectivity index (χ0n) is 15.4. The summed E-state index contributed by atoms with van der Waals surface area (Å²) in [5, 5.41) is 4.37. The van der Waals surface area contributed by atoms with Crippen molar-refractivity contribution in [3.8, 4) is 0 Å². The Morgan fingerprint density at radius 2 is 1.96 bits per heavy atom. The molecule has 4 nitrogen and oxygen atoms in total. The number of hydrogen-bond donors (Lipinski definition) is 1. The van der Waals surface area contributed by atoms with Crippen LogP contribution in [0.25, 0.3) is 17.0 Å². The number of carbonyl (C=O) groups excluding carboxylic acids is 1. The minimum absolute atomic E-state index is 0.0601. The number of para-hydroxylation sites is 1. The normalized spacial score (nSPS) is 22.9. The van der Waals surface area contributed by atoms with Crippen LogP contribution in [-0.4, -0.2) is 23.1 Å². The van der Waals surface area contributed by atoms with Crippen molar-refractivity contribution >= 4 is 28.6 Å². The Balaban J connectivity index is 1.61. The minimum Gasteiger partial charge on any atom is -0.335 e. The number of pyridine rings is 1. The third-order valence-electron chi connectivity index (χ3n) is 6.02. The van der Waals surface area contributed by atoms with E-state index in [-0.39, 0.29) is 11.3 Å². The number of anilines is 1. The molecule has 2 aliphatic heterocycles. The first kappa shape index (κ1) is 16.1. The zero-order valence-corrected chi connectivity index (χ0v) is 15.4. The molecule has 27 heavy (non-hydrogen) atoms. The molecule has 1 atom stereocenters. The zero-order chi connectivity index (χ0) is 18.6. The third kappa shape index (κ3) is 2.16. The summed E-state index contributed by atoms with van der Waals surface area (Å²) in [6, 6.07) is 18.6. The van der Waals surface area contributed by atoms with Gasteiger partial charge in [-0.3, -0.25) is 9.78 Å². The van der Waals surface area contributed by atoms with Crippen LogP contribution in [0.5, 0.6) is 0 Å². The lowest BCUT2D eigenvalue weighted by atomic mass is 9.75. The van der Waals surface area contributed by atoms with Gasteiger partial charge in [0.25, 0.3) is 0 Å². The molecule has 5 rings (SSSR count). The number of carbonyl (C=O) groups is 1. The molecule has 2 aliphatic rings. The fourth-order valence-corrected chi connectivity index (χ4v) is 4.55. The highest BCUT2D eigenvalue weighted by Gasteiger charge is 2.59. The highest BCUT2D eigenvalue weighted by molar-refractivity contribution is 5.92. The number of amides is 1. The molecular weight excluding hydrogens is 334 g/mol. The van der Waals surface area contributed by atoms with Crippen LogP contribution in [0.4, 0.5) is 5.69 Å². The molecule has 0 aliphatic carbocycles. The summed E-state index contributed by atoms with van der Waals surface area (Å²) in [5.74, 6) is 0.0601. The maximum absolute atomic E-state index is 12.4. The number of rotatable bonds is 2. The molecule has 0 spiro atoms. The summed E-state index contributed by atoms with van der Waals surface area (Å²) in [6.45, 7) is 4.78. The summed E-state index contributed by atoms with van der Waals surface area (Å²) < 4.78 is 0. The first-order valence-corrected chi connectivity index (χ1v) is 9.23. The molecule has 3 heterocycles. The Labute approximate surface area is 158 Å². The number of aromatic nitrogens is 1. The smallest absolute Gasteiger partial charge is 0.241 e. The van der Waals surface area contributed by atoms with Gasteiger partial charge in [0, 0.05) is 22.7 Å². The maximum atomic E-state index is 12.4. The van der Waals surface area contributed by atoms with Crippen LogP contribution in [0.2, 0.25) is 0 Å². The van der Waals surface area contributed by atoms with E-state index in [0.717, 1.165) is 22.2 Å². The lowest BCUT2D eigenvalue weighted by Crippen LogP contribution is -2.58. The molecule has 0 unspecified atom stereocenters. The minimum atomic E-state index is -0.558. The predicted molar refractivity (Wildman–Crippen MR) is 108 cm³/mol. The van der Waals surface area contributed by atoms with E-state index in [0.29, 0.717) is 6.54 Å². The standard InChI is InChI=1S/C23H21N3O/c1-22(2)18-7-3-4-8-20(18)26-15-21(27)25-23(22,26)12-11-16-9-10-19-17(14-16)6-5-13-24-19/h3-14H,15H2,1-2H3,(H,25,27)/b12-11+/t23-/m1/s1. The van der Waals surface area contributed by atoms with Crippen LogP contribution in [0.1, 0.15) is 25.0 Å². The van der Waals surface area contributed by atoms with Crippen molar-refractivity contribution in [2.75, 3.05) is 11.4 Å². The average Bonchev–Trinajstić information content (AvgIpc) is 3.11. The second-order valence-electron chi connectivity index (χ2n) is 7.83. The summed E-state index contributed by atoms with van der Waals surface area (Å²) in [7, 11) is 0. The molecule has 0 radical (unpaired) electrons. The van der Waals surface area contributed by atoms with E-state index < -0.39 is 5.66 Å². The van der Waals surface area contributed by atoms with Gasteiger partial charge in [0.2, 0.25) is 5.91 Å². The van der Waals surface area contributed by atoms with Gasteiger partial charge in [-0.2, -0.15) is 0 Å². The van der Waals surface area contributed by atoms with Crippen molar-refractivity contribution in [1.82, 2.24) is 10.3 Å². The summed E-state index contributed by atoms with van der Waals surface area (Å²) in [6.07, 6.45) is 6.06. The lowest BCUT2D eigenvalue weighted by molar-refractivity contribution is -0.118. The van der Waals surface area contributed by atoms with Crippen LogP contribution in [-0.2, 0) is 10.2 Å². The highest BCUT2D eigenvalue weighted by atomic mass is 16.2. The molecule has 4 heteroatoms. The van der Waals surface area contributed by atoms with Crippen molar-refractivity contribution in [2.24, 2.45) is 0 Å². The molecule has 134 valence electrons. The summed E-state index contributed by atoms with van der Waals surface area (Å²) >= 11 is 0. The quantitative estimate of drug-likeness (QED) is 0.759. The van der Waals surface area contributed by atoms with Gasteiger partial charge in [0.05, 0.1) is 12.1 Å². The maximum Gasteiger partial charge on any atom is 0.241 e. The van der Waals surface area contributed by atoms with E-state index >= 15 is 0 Å². The molecular formula is C23H21N3O. The molecule has 1 fully saturated rings. The molecule has 0 saturated carbocycles. The fraction of sp³-hybridized carbons (Fsp3) is 0.217. The van der Waals surface area contributed by atoms with E-state index in [4.69, 9.17) is 0 Å². The Kier molecular flexibility index (Phi) is 3.23. The largest absolute Gasteiger partial charge is 0.335 e. The Morgan fingerprint density at radius 3 is 2.85 bits per heavy atom. The first-order valence-electron chi connectivity index (χ1n) is 9.23. The number of fused-ring (bicyclic) bond motifs is 4. The van der Waals surface area contributed by atoms with E-state index in [1.165, 1.54) is 5.56 Å². The van der Waals surface area contributed by atoms with Gasteiger partial charge >= 0.3 is 0 Å². The van der Waals surface area contributed by atoms with E-state index in [9.17, 15) is 4.79 Å². The van der Waals surface area contributed by atoms with E-state index in [2.05, 4.69) is 77.6 Å². The second-order valence-corrected chi connectivity index (χ2v) is 7.83. The van der Waals surface area contributed by atoms with Crippen molar-refractivity contribution in [3.63, 3.8) is 0 Å². The summed E-state index contributed by atoms with van der Waals surface area (Å²) in [5.41, 5.74) is 3.67. The third-order valence-corrected chi connectivity index (χ3v) is 6.02. The first-order chi connectivity index (χ1) is 13.0.